The maximum atomic E-state index is 12.1. The lowest BCUT2D eigenvalue weighted by Gasteiger charge is -2.09. The molecular formula is C14H19NO. The molecule has 0 radical (unpaired) electrons. The molecule has 0 bridgehead atoms. The van der Waals surface area contributed by atoms with Crippen LogP contribution in [0.5, 0.6) is 0 Å². The third-order valence-electron chi connectivity index (χ3n) is 3.49. The van der Waals surface area contributed by atoms with Crippen LogP contribution in [0.1, 0.15) is 55.1 Å². The van der Waals surface area contributed by atoms with E-state index in [2.05, 4.69) is 11.9 Å². The standard InChI is InChI=1S/C14H19NO/c1-2-12-8-5-9-15-14(12)13(16)10-11-6-3-4-7-11/h5,8-9,11H,2-4,6-7,10H2,1H3. The van der Waals surface area contributed by atoms with Crippen molar-refractivity contribution in [3.05, 3.63) is 29.6 Å². The zero-order valence-electron chi connectivity index (χ0n) is 9.91. The summed E-state index contributed by atoms with van der Waals surface area (Å²) in [6, 6.07) is 3.92. The highest BCUT2D eigenvalue weighted by atomic mass is 16.1. The summed E-state index contributed by atoms with van der Waals surface area (Å²) >= 11 is 0. The molecule has 0 aromatic carbocycles. The summed E-state index contributed by atoms with van der Waals surface area (Å²) in [7, 11) is 0. The Hall–Kier alpha value is -1.18. The van der Waals surface area contributed by atoms with Crippen molar-refractivity contribution in [1.82, 2.24) is 4.98 Å². The number of Topliss-reactive ketones (excluding diaryl/α,β-unsaturated/α-hetero) is 1. The molecule has 2 nitrogen and oxygen atoms in total. The molecule has 1 aliphatic rings. The number of carbonyl (C=O) groups excluding carboxylic acids is 1. The van der Waals surface area contributed by atoms with Gasteiger partial charge in [-0.3, -0.25) is 9.78 Å². The molecule has 0 amide bonds. The lowest BCUT2D eigenvalue weighted by atomic mass is 9.97. The van der Waals surface area contributed by atoms with Crippen molar-refractivity contribution in [1.29, 1.82) is 0 Å². The normalized spacial score (nSPS) is 16.6. The van der Waals surface area contributed by atoms with Crippen LogP contribution in [0.25, 0.3) is 0 Å². The SMILES string of the molecule is CCc1cccnc1C(=O)CC1CCCC1. The van der Waals surface area contributed by atoms with Gasteiger partial charge in [0, 0.05) is 12.6 Å². The first-order valence-electron chi connectivity index (χ1n) is 6.28. The van der Waals surface area contributed by atoms with E-state index in [4.69, 9.17) is 0 Å². The van der Waals surface area contributed by atoms with Crippen LogP contribution in [0.4, 0.5) is 0 Å². The van der Waals surface area contributed by atoms with E-state index in [9.17, 15) is 4.79 Å². The average molecular weight is 217 g/mol. The van der Waals surface area contributed by atoms with Gasteiger partial charge in [0.1, 0.15) is 5.69 Å². The number of ketones is 1. The lowest BCUT2D eigenvalue weighted by Crippen LogP contribution is -2.10. The molecule has 0 aliphatic heterocycles. The van der Waals surface area contributed by atoms with Crippen LogP contribution in [-0.2, 0) is 6.42 Å². The van der Waals surface area contributed by atoms with Gasteiger partial charge in [-0.2, -0.15) is 0 Å². The molecule has 1 saturated carbocycles. The van der Waals surface area contributed by atoms with E-state index in [1.165, 1.54) is 25.7 Å². The van der Waals surface area contributed by atoms with Crippen molar-refractivity contribution >= 4 is 5.78 Å². The quantitative estimate of drug-likeness (QED) is 0.723. The summed E-state index contributed by atoms with van der Waals surface area (Å²) < 4.78 is 0. The van der Waals surface area contributed by atoms with Crippen molar-refractivity contribution in [2.24, 2.45) is 5.92 Å². The molecule has 1 aromatic heterocycles. The smallest absolute Gasteiger partial charge is 0.181 e. The van der Waals surface area contributed by atoms with Gasteiger partial charge in [0.25, 0.3) is 0 Å². The van der Waals surface area contributed by atoms with Gasteiger partial charge in [0.2, 0.25) is 0 Å². The fraction of sp³-hybridized carbons (Fsp3) is 0.571. The van der Waals surface area contributed by atoms with Crippen molar-refractivity contribution < 1.29 is 4.79 Å². The summed E-state index contributed by atoms with van der Waals surface area (Å²) in [4.78, 5) is 16.4. The molecule has 0 atom stereocenters. The highest BCUT2D eigenvalue weighted by Gasteiger charge is 2.20. The first-order chi connectivity index (χ1) is 7.81. The second-order valence-electron chi connectivity index (χ2n) is 4.64. The Kier molecular flexibility index (Phi) is 3.70. The Morgan fingerprint density at radius 2 is 2.19 bits per heavy atom. The fourth-order valence-electron chi connectivity index (χ4n) is 2.55. The topological polar surface area (TPSA) is 30.0 Å². The summed E-state index contributed by atoms with van der Waals surface area (Å²) in [6.07, 6.45) is 8.34. The second kappa shape index (κ2) is 5.24. The van der Waals surface area contributed by atoms with Crippen molar-refractivity contribution in [2.75, 3.05) is 0 Å². The minimum absolute atomic E-state index is 0.240. The Balaban J connectivity index is 2.07. The van der Waals surface area contributed by atoms with Gasteiger partial charge in [-0.15, -0.1) is 0 Å². The molecule has 0 spiro atoms. The average Bonchev–Trinajstić information content (AvgIpc) is 2.81. The van der Waals surface area contributed by atoms with E-state index in [1.54, 1.807) is 6.20 Å². The van der Waals surface area contributed by atoms with Gasteiger partial charge in [-0.05, 0) is 24.0 Å². The molecule has 16 heavy (non-hydrogen) atoms. The third kappa shape index (κ3) is 2.49. The highest BCUT2D eigenvalue weighted by molar-refractivity contribution is 5.95. The highest BCUT2D eigenvalue weighted by Crippen LogP contribution is 2.28. The summed E-state index contributed by atoms with van der Waals surface area (Å²) in [5, 5.41) is 0. The predicted molar refractivity (Wildman–Crippen MR) is 64.5 cm³/mol. The second-order valence-corrected chi connectivity index (χ2v) is 4.64. The third-order valence-corrected chi connectivity index (χ3v) is 3.49. The number of aryl methyl sites for hydroxylation is 1. The van der Waals surface area contributed by atoms with Crippen LogP contribution >= 0.6 is 0 Å². The van der Waals surface area contributed by atoms with E-state index in [0.29, 0.717) is 18.0 Å². The van der Waals surface area contributed by atoms with Crippen LogP contribution in [0.15, 0.2) is 18.3 Å². The molecule has 2 heteroatoms. The first-order valence-corrected chi connectivity index (χ1v) is 6.28. The molecule has 0 unspecified atom stereocenters. The van der Waals surface area contributed by atoms with Crippen LogP contribution in [0.2, 0.25) is 0 Å². The summed E-state index contributed by atoms with van der Waals surface area (Å²) in [5.74, 6) is 0.851. The number of hydrogen-bond donors (Lipinski definition) is 0. The molecule has 86 valence electrons. The van der Waals surface area contributed by atoms with Crippen LogP contribution < -0.4 is 0 Å². The number of pyridine rings is 1. The van der Waals surface area contributed by atoms with Gasteiger partial charge in [0.15, 0.2) is 5.78 Å². The lowest BCUT2D eigenvalue weighted by molar-refractivity contribution is 0.0956. The van der Waals surface area contributed by atoms with E-state index in [0.717, 1.165) is 12.0 Å². The molecular weight excluding hydrogens is 198 g/mol. The molecule has 1 fully saturated rings. The predicted octanol–water partition coefficient (Wildman–Crippen LogP) is 3.41. The van der Waals surface area contributed by atoms with E-state index < -0.39 is 0 Å². The largest absolute Gasteiger partial charge is 0.292 e. The Bertz CT molecular complexity index is 367. The van der Waals surface area contributed by atoms with E-state index in [1.807, 2.05) is 12.1 Å². The monoisotopic (exact) mass is 217 g/mol. The number of aromatic nitrogens is 1. The van der Waals surface area contributed by atoms with Gasteiger partial charge >= 0.3 is 0 Å². The van der Waals surface area contributed by atoms with Crippen LogP contribution in [0, 0.1) is 5.92 Å². The maximum Gasteiger partial charge on any atom is 0.181 e. The number of rotatable bonds is 4. The van der Waals surface area contributed by atoms with Crippen molar-refractivity contribution in [3.8, 4) is 0 Å². The Labute approximate surface area is 97.1 Å². The molecule has 1 aromatic rings. The first kappa shape index (κ1) is 11.3. The van der Waals surface area contributed by atoms with Crippen molar-refractivity contribution in [2.45, 2.75) is 45.4 Å². The van der Waals surface area contributed by atoms with Crippen LogP contribution in [0.3, 0.4) is 0 Å². The molecule has 1 heterocycles. The van der Waals surface area contributed by atoms with Gasteiger partial charge in [-0.1, -0.05) is 38.7 Å². The number of carbonyl (C=O) groups is 1. The van der Waals surface area contributed by atoms with Crippen LogP contribution in [-0.4, -0.2) is 10.8 Å². The molecule has 0 N–H and O–H groups in total. The minimum atomic E-state index is 0.240. The molecule has 1 aliphatic carbocycles. The molecule has 2 rings (SSSR count). The summed E-state index contributed by atoms with van der Waals surface area (Å²) in [5.41, 5.74) is 1.79. The van der Waals surface area contributed by atoms with Gasteiger partial charge in [0.05, 0.1) is 0 Å². The maximum absolute atomic E-state index is 12.1. The van der Waals surface area contributed by atoms with Gasteiger partial charge < -0.3 is 0 Å². The molecule has 0 saturated heterocycles. The van der Waals surface area contributed by atoms with Gasteiger partial charge in [-0.25, -0.2) is 0 Å². The summed E-state index contributed by atoms with van der Waals surface area (Å²) in [6.45, 7) is 2.07. The minimum Gasteiger partial charge on any atom is -0.292 e. The number of hydrogen-bond acceptors (Lipinski definition) is 2. The van der Waals surface area contributed by atoms with E-state index >= 15 is 0 Å². The Morgan fingerprint density at radius 1 is 1.44 bits per heavy atom. The fourth-order valence-corrected chi connectivity index (χ4v) is 2.55. The zero-order chi connectivity index (χ0) is 11.4. The van der Waals surface area contributed by atoms with Crippen molar-refractivity contribution in [3.63, 3.8) is 0 Å². The Morgan fingerprint density at radius 3 is 2.88 bits per heavy atom. The zero-order valence-corrected chi connectivity index (χ0v) is 9.91. The van der Waals surface area contributed by atoms with E-state index in [-0.39, 0.29) is 5.78 Å². The number of nitrogens with zero attached hydrogens (tertiary/aromatic N) is 1.